The molecule has 0 aromatic heterocycles. The predicted molar refractivity (Wildman–Crippen MR) is 74.2 cm³/mol. The molecule has 1 aromatic carbocycles. The van der Waals surface area contributed by atoms with E-state index in [1.807, 2.05) is 12.1 Å². The molecule has 18 heavy (non-hydrogen) atoms. The van der Waals surface area contributed by atoms with Gasteiger partial charge in [0.05, 0.1) is 6.10 Å². The Hall–Kier alpha value is -0.740. The summed E-state index contributed by atoms with van der Waals surface area (Å²) in [6.07, 6.45) is 1.60. The summed E-state index contributed by atoms with van der Waals surface area (Å²) < 4.78 is 11.9. The molecule has 4 heteroatoms. The third-order valence-corrected chi connectivity index (χ3v) is 3.95. The van der Waals surface area contributed by atoms with Gasteiger partial charge in [0.25, 0.3) is 0 Å². The van der Waals surface area contributed by atoms with E-state index in [4.69, 9.17) is 9.47 Å². The van der Waals surface area contributed by atoms with Gasteiger partial charge in [-0.1, -0.05) is 36.2 Å². The van der Waals surface area contributed by atoms with E-state index in [9.17, 15) is 5.11 Å². The summed E-state index contributed by atoms with van der Waals surface area (Å²) in [7, 11) is 0. The van der Waals surface area contributed by atoms with Crippen molar-refractivity contribution in [2.24, 2.45) is 5.92 Å². The molecular formula is C14H19BrO3. The standard InChI is InChI=1S/C14H19BrO3/c1-3-4-9(2)14(16)10-7-12-13(8-11(10)15)18-6-5-17-12/h7-9,14,16H,3-6H2,1-2H3. The van der Waals surface area contributed by atoms with E-state index in [1.54, 1.807) is 0 Å². The smallest absolute Gasteiger partial charge is 0.162 e. The van der Waals surface area contributed by atoms with Crippen LogP contribution in [0.2, 0.25) is 0 Å². The van der Waals surface area contributed by atoms with Gasteiger partial charge in [-0.15, -0.1) is 0 Å². The van der Waals surface area contributed by atoms with E-state index < -0.39 is 6.10 Å². The summed E-state index contributed by atoms with van der Waals surface area (Å²) >= 11 is 3.50. The van der Waals surface area contributed by atoms with Crippen molar-refractivity contribution >= 4 is 15.9 Å². The molecule has 1 N–H and O–H groups in total. The van der Waals surface area contributed by atoms with Crippen molar-refractivity contribution in [1.82, 2.24) is 0 Å². The zero-order valence-corrected chi connectivity index (χ0v) is 12.4. The highest BCUT2D eigenvalue weighted by Gasteiger charge is 2.22. The lowest BCUT2D eigenvalue weighted by Gasteiger charge is -2.24. The Kier molecular flexibility index (Phi) is 4.51. The van der Waals surface area contributed by atoms with Crippen LogP contribution in [0.25, 0.3) is 0 Å². The Morgan fingerprint density at radius 2 is 1.89 bits per heavy atom. The van der Waals surface area contributed by atoms with Crippen LogP contribution >= 0.6 is 15.9 Å². The number of halogens is 1. The molecule has 2 atom stereocenters. The molecule has 1 aromatic rings. The van der Waals surface area contributed by atoms with E-state index in [2.05, 4.69) is 29.8 Å². The third kappa shape index (κ3) is 2.81. The van der Waals surface area contributed by atoms with Crippen molar-refractivity contribution in [1.29, 1.82) is 0 Å². The van der Waals surface area contributed by atoms with Crippen LogP contribution in [0.5, 0.6) is 11.5 Å². The minimum atomic E-state index is -0.477. The van der Waals surface area contributed by atoms with Gasteiger partial charge < -0.3 is 14.6 Å². The zero-order valence-electron chi connectivity index (χ0n) is 10.8. The average molecular weight is 315 g/mol. The van der Waals surface area contributed by atoms with Gasteiger partial charge in [0.2, 0.25) is 0 Å². The van der Waals surface area contributed by atoms with Gasteiger partial charge in [0.1, 0.15) is 13.2 Å². The van der Waals surface area contributed by atoms with E-state index in [0.29, 0.717) is 13.2 Å². The number of fused-ring (bicyclic) bond motifs is 1. The number of rotatable bonds is 4. The molecule has 100 valence electrons. The van der Waals surface area contributed by atoms with E-state index in [-0.39, 0.29) is 5.92 Å². The maximum absolute atomic E-state index is 10.4. The van der Waals surface area contributed by atoms with Gasteiger partial charge >= 0.3 is 0 Å². The molecule has 1 aliphatic rings. The van der Waals surface area contributed by atoms with Crippen molar-refractivity contribution in [2.45, 2.75) is 32.8 Å². The summed E-state index contributed by atoms with van der Waals surface area (Å²) in [4.78, 5) is 0. The average Bonchev–Trinajstić information content (AvgIpc) is 2.37. The van der Waals surface area contributed by atoms with E-state index >= 15 is 0 Å². The van der Waals surface area contributed by atoms with Gasteiger partial charge in [-0.25, -0.2) is 0 Å². The first-order chi connectivity index (χ1) is 8.63. The molecule has 0 aliphatic carbocycles. The van der Waals surface area contributed by atoms with Gasteiger partial charge in [-0.2, -0.15) is 0 Å². The molecule has 0 amide bonds. The first-order valence-electron chi connectivity index (χ1n) is 6.40. The van der Waals surface area contributed by atoms with E-state index in [0.717, 1.165) is 34.4 Å². The lowest BCUT2D eigenvalue weighted by atomic mass is 9.93. The van der Waals surface area contributed by atoms with Crippen LogP contribution in [0.4, 0.5) is 0 Å². The molecule has 0 fully saturated rings. The van der Waals surface area contributed by atoms with Crippen LogP contribution in [0.15, 0.2) is 16.6 Å². The molecule has 0 bridgehead atoms. The summed E-state index contributed by atoms with van der Waals surface area (Å²) in [5, 5.41) is 10.4. The van der Waals surface area contributed by atoms with Gasteiger partial charge in [-0.3, -0.25) is 0 Å². The minimum Gasteiger partial charge on any atom is -0.486 e. The van der Waals surface area contributed by atoms with Crippen LogP contribution in [0.3, 0.4) is 0 Å². The molecular weight excluding hydrogens is 296 g/mol. The van der Waals surface area contributed by atoms with E-state index in [1.165, 1.54) is 0 Å². The minimum absolute atomic E-state index is 0.230. The van der Waals surface area contributed by atoms with Gasteiger partial charge in [0, 0.05) is 4.47 Å². The molecule has 0 saturated heterocycles. The predicted octanol–water partition coefficient (Wildman–Crippen LogP) is 3.69. The monoisotopic (exact) mass is 314 g/mol. The second-order valence-electron chi connectivity index (χ2n) is 4.73. The van der Waals surface area contributed by atoms with Crippen LogP contribution in [-0.4, -0.2) is 18.3 Å². The summed E-state index contributed by atoms with van der Waals surface area (Å²) in [5.74, 6) is 1.70. The van der Waals surface area contributed by atoms with Crippen molar-refractivity contribution in [3.63, 3.8) is 0 Å². The van der Waals surface area contributed by atoms with Crippen LogP contribution < -0.4 is 9.47 Å². The topological polar surface area (TPSA) is 38.7 Å². The molecule has 1 aliphatic heterocycles. The molecule has 0 radical (unpaired) electrons. The number of aliphatic hydroxyl groups excluding tert-OH is 1. The lowest BCUT2D eigenvalue weighted by Crippen LogP contribution is -2.17. The largest absolute Gasteiger partial charge is 0.486 e. The summed E-state index contributed by atoms with van der Waals surface area (Å²) in [5.41, 5.74) is 0.875. The SMILES string of the molecule is CCCC(C)C(O)c1cc2c(cc1Br)OCCO2. The fourth-order valence-corrected chi connectivity index (χ4v) is 2.78. The summed E-state index contributed by atoms with van der Waals surface area (Å²) in [6, 6.07) is 3.76. The molecule has 1 heterocycles. The lowest BCUT2D eigenvalue weighted by molar-refractivity contribution is 0.110. The number of hydrogen-bond donors (Lipinski definition) is 1. The third-order valence-electron chi connectivity index (χ3n) is 3.26. The Bertz CT molecular complexity index is 420. The number of aliphatic hydroxyl groups is 1. The first-order valence-corrected chi connectivity index (χ1v) is 7.20. The highest BCUT2D eigenvalue weighted by molar-refractivity contribution is 9.10. The maximum atomic E-state index is 10.4. The highest BCUT2D eigenvalue weighted by Crippen LogP contribution is 2.40. The number of ether oxygens (including phenoxy) is 2. The maximum Gasteiger partial charge on any atom is 0.162 e. The fourth-order valence-electron chi connectivity index (χ4n) is 2.23. The molecule has 0 saturated carbocycles. The normalized spacial score (nSPS) is 17.3. The molecule has 2 rings (SSSR count). The van der Waals surface area contributed by atoms with Crippen molar-refractivity contribution in [2.75, 3.05) is 13.2 Å². The molecule has 3 nitrogen and oxygen atoms in total. The van der Waals surface area contributed by atoms with Crippen LogP contribution in [0.1, 0.15) is 38.4 Å². The highest BCUT2D eigenvalue weighted by atomic mass is 79.9. The molecule has 0 spiro atoms. The Morgan fingerprint density at radius 3 is 2.50 bits per heavy atom. The number of hydrogen-bond acceptors (Lipinski definition) is 3. The van der Waals surface area contributed by atoms with Gasteiger partial charge in [0.15, 0.2) is 11.5 Å². The Balaban J connectivity index is 2.27. The second-order valence-corrected chi connectivity index (χ2v) is 5.58. The summed E-state index contributed by atoms with van der Waals surface area (Å²) in [6.45, 7) is 5.34. The quantitative estimate of drug-likeness (QED) is 0.921. The fraction of sp³-hybridized carbons (Fsp3) is 0.571. The Labute approximate surface area is 116 Å². The zero-order chi connectivity index (χ0) is 13.1. The Morgan fingerprint density at radius 1 is 1.28 bits per heavy atom. The van der Waals surface area contributed by atoms with Crippen molar-refractivity contribution in [3.8, 4) is 11.5 Å². The van der Waals surface area contributed by atoms with Gasteiger partial charge in [-0.05, 0) is 30.0 Å². The van der Waals surface area contributed by atoms with Crippen molar-refractivity contribution in [3.05, 3.63) is 22.2 Å². The molecule has 2 unspecified atom stereocenters. The van der Waals surface area contributed by atoms with Crippen LogP contribution in [-0.2, 0) is 0 Å². The van der Waals surface area contributed by atoms with Crippen molar-refractivity contribution < 1.29 is 14.6 Å². The number of benzene rings is 1. The first kappa shape index (κ1) is 13.7. The second kappa shape index (κ2) is 5.93. The van der Waals surface area contributed by atoms with Crippen LogP contribution in [0, 0.1) is 5.92 Å².